The number of hydrogen-bond acceptors (Lipinski definition) is 7. The topological polar surface area (TPSA) is 120 Å². The van der Waals surface area contributed by atoms with Crippen LogP contribution < -0.4 is 9.47 Å². The predicted octanol–water partition coefficient (Wildman–Crippen LogP) is 1.87. The normalized spacial score (nSPS) is 10.1. The standard InChI is InChI=1S/C10H10O7S.C5H5N/c1-6(11)16-9-4-3-8(18(13,14)15)5-10(9)17-7(2)12;1-2-4-6-5-3-1/h3-5H,1-2H3,(H,13,14,15);1-5H. The van der Waals surface area contributed by atoms with E-state index < -0.39 is 27.0 Å². The van der Waals surface area contributed by atoms with Gasteiger partial charge >= 0.3 is 11.9 Å². The van der Waals surface area contributed by atoms with Crippen molar-refractivity contribution in [2.45, 2.75) is 18.7 Å². The first-order valence-electron chi connectivity index (χ1n) is 6.53. The van der Waals surface area contributed by atoms with E-state index in [2.05, 4.69) is 4.98 Å². The molecule has 0 saturated carbocycles. The van der Waals surface area contributed by atoms with Gasteiger partial charge in [-0.25, -0.2) is 0 Å². The smallest absolute Gasteiger partial charge is 0.308 e. The third kappa shape index (κ3) is 6.99. The highest BCUT2D eigenvalue weighted by Crippen LogP contribution is 2.30. The number of carbonyl (C=O) groups excluding carboxylic acids is 2. The van der Waals surface area contributed by atoms with Gasteiger partial charge in [0.1, 0.15) is 0 Å². The Bertz CT molecular complexity index is 777. The highest BCUT2D eigenvalue weighted by Gasteiger charge is 2.16. The summed E-state index contributed by atoms with van der Waals surface area (Å²) >= 11 is 0. The fourth-order valence-electron chi connectivity index (χ4n) is 1.44. The van der Waals surface area contributed by atoms with Crippen LogP contribution >= 0.6 is 0 Å². The van der Waals surface area contributed by atoms with Crippen molar-refractivity contribution in [3.8, 4) is 11.5 Å². The Morgan fingerprint density at radius 2 is 1.50 bits per heavy atom. The van der Waals surface area contributed by atoms with Crippen molar-refractivity contribution in [1.82, 2.24) is 4.98 Å². The maximum atomic E-state index is 10.9. The first kappa shape index (κ1) is 19.3. The van der Waals surface area contributed by atoms with Gasteiger partial charge in [0.25, 0.3) is 10.1 Å². The van der Waals surface area contributed by atoms with Gasteiger partial charge in [0.05, 0.1) is 4.90 Å². The number of aromatic nitrogens is 1. The van der Waals surface area contributed by atoms with Crippen molar-refractivity contribution >= 4 is 22.1 Å². The van der Waals surface area contributed by atoms with E-state index in [1.807, 2.05) is 18.2 Å². The molecule has 2 aromatic rings. The van der Waals surface area contributed by atoms with Crippen LogP contribution in [-0.4, -0.2) is 29.9 Å². The number of benzene rings is 1. The van der Waals surface area contributed by atoms with Crippen LogP contribution in [0.5, 0.6) is 11.5 Å². The maximum Gasteiger partial charge on any atom is 0.308 e. The van der Waals surface area contributed by atoms with Crippen LogP contribution in [0.1, 0.15) is 13.8 Å². The van der Waals surface area contributed by atoms with Crippen LogP contribution in [0.3, 0.4) is 0 Å². The molecule has 8 nitrogen and oxygen atoms in total. The van der Waals surface area contributed by atoms with Crippen molar-refractivity contribution in [1.29, 1.82) is 0 Å². The second kappa shape index (κ2) is 8.75. The Balaban J connectivity index is 0.000000400. The van der Waals surface area contributed by atoms with Crippen LogP contribution in [0.4, 0.5) is 0 Å². The van der Waals surface area contributed by atoms with Gasteiger partial charge in [-0.1, -0.05) is 6.07 Å². The van der Waals surface area contributed by atoms with Gasteiger partial charge in [0, 0.05) is 32.3 Å². The molecule has 9 heteroatoms. The van der Waals surface area contributed by atoms with E-state index in [9.17, 15) is 18.0 Å². The molecule has 0 bridgehead atoms. The van der Waals surface area contributed by atoms with Gasteiger partial charge in [0.2, 0.25) is 0 Å². The van der Waals surface area contributed by atoms with E-state index in [-0.39, 0.29) is 11.5 Å². The van der Waals surface area contributed by atoms with E-state index in [1.165, 1.54) is 0 Å². The number of ether oxygens (including phenoxy) is 2. The summed E-state index contributed by atoms with van der Waals surface area (Å²) < 4.78 is 40.1. The fourth-order valence-corrected chi connectivity index (χ4v) is 1.93. The lowest BCUT2D eigenvalue weighted by Gasteiger charge is -2.09. The minimum atomic E-state index is -4.44. The van der Waals surface area contributed by atoms with Gasteiger partial charge in [-0.3, -0.25) is 19.1 Å². The van der Waals surface area contributed by atoms with E-state index in [0.29, 0.717) is 0 Å². The number of nitrogens with zero attached hydrogens (tertiary/aromatic N) is 1. The molecular formula is C15H15NO7S. The third-order valence-electron chi connectivity index (χ3n) is 2.29. The van der Waals surface area contributed by atoms with Crippen molar-refractivity contribution < 1.29 is 32.0 Å². The molecule has 0 amide bonds. The van der Waals surface area contributed by atoms with Crippen molar-refractivity contribution in [2.75, 3.05) is 0 Å². The molecular weight excluding hydrogens is 338 g/mol. The molecule has 1 heterocycles. The lowest BCUT2D eigenvalue weighted by Crippen LogP contribution is -2.08. The maximum absolute atomic E-state index is 10.9. The van der Waals surface area contributed by atoms with E-state index in [4.69, 9.17) is 14.0 Å². The number of rotatable bonds is 3. The van der Waals surface area contributed by atoms with Crippen LogP contribution in [-0.2, 0) is 19.7 Å². The zero-order valence-electron chi connectivity index (χ0n) is 12.9. The molecule has 0 unspecified atom stereocenters. The first-order chi connectivity index (χ1) is 11.2. The molecule has 1 aromatic carbocycles. The van der Waals surface area contributed by atoms with Crippen molar-refractivity contribution in [3.63, 3.8) is 0 Å². The zero-order valence-corrected chi connectivity index (χ0v) is 13.7. The van der Waals surface area contributed by atoms with Gasteiger partial charge in [-0.2, -0.15) is 8.42 Å². The minimum Gasteiger partial charge on any atom is -0.423 e. The van der Waals surface area contributed by atoms with Gasteiger partial charge in [-0.15, -0.1) is 0 Å². The highest BCUT2D eigenvalue weighted by atomic mass is 32.2. The van der Waals surface area contributed by atoms with Gasteiger partial charge < -0.3 is 9.47 Å². The van der Waals surface area contributed by atoms with Crippen LogP contribution in [0.25, 0.3) is 0 Å². The molecule has 128 valence electrons. The predicted molar refractivity (Wildman–Crippen MR) is 83.1 cm³/mol. The first-order valence-corrected chi connectivity index (χ1v) is 7.97. The van der Waals surface area contributed by atoms with E-state index in [1.54, 1.807) is 12.4 Å². The lowest BCUT2D eigenvalue weighted by molar-refractivity contribution is -0.134. The van der Waals surface area contributed by atoms with E-state index in [0.717, 1.165) is 32.0 Å². The van der Waals surface area contributed by atoms with Crippen LogP contribution in [0, 0.1) is 0 Å². The Hall–Kier alpha value is -2.78. The molecule has 0 radical (unpaired) electrons. The number of hydrogen-bond donors (Lipinski definition) is 1. The molecule has 1 aromatic heterocycles. The molecule has 0 aliphatic heterocycles. The SMILES string of the molecule is CC(=O)Oc1ccc(S(=O)(=O)O)cc1OC(C)=O.c1ccncc1. The highest BCUT2D eigenvalue weighted by molar-refractivity contribution is 7.85. The molecule has 0 atom stereocenters. The van der Waals surface area contributed by atoms with Gasteiger partial charge in [0.15, 0.2) is 11.5 Å². The molecule has 1 N–H and O–H groups in total. The quantitative estimate of drug-likeness (QED) is 0.504. The molecule has 2 rings (SSSR count). The number of carbonyl (C=O) groups is 2. The average molecular weight is 353 g/mol. The van der Waals surface area contributed by atoms with Crippen LogP contribution in [0.15, 0.2) is 53.7 Å². The second-order valence-electron chi connectivity index (χ2n) is 4.30. The number of pyridine rings is 1. The number of esters is 2. The average Bonchev–Trinajstić information content (AvgIpc) is 2.49. The fraction of sp³-hybridized carbons (Fsp3) is 0.133. The summed E-state index contributed by atoms with van der Waals surface area (Å²) in [6.45, 7) is 2.23. The molecule has 0 saturated heterocycles. The van der Waals surface area contributed by atoms with E-state index >= 15 is 0 Å². The summed E-state index contributed by atoms with van der Waals surface area (Å²) in [7, 11) is -4.44. The molecule has 24 heavy (non-hydrogen) atoms. The molecule has 0 fully saturated rings. The summed E-state index contributed by atoms with van der Waals surface area (Å²) in [5.74, 6) is -1.78. The zero-order chi connectivity index (χ0) is 18.2. The van der Waals surface area contributed by atoms with Crippen LogP contribution in [0.2, 0.25) is 0 Å². The van der Waals surface area contributed by atoms with Gasteiger partial charge in [-0.05, 0) is 24.3 Å². The minimum absolute atomic E-state index is 0.120. The summed E-state index contributed by atoms with van der Waals surface area (Å²) in [6, 6.07) is 8.71. The third-order valence-corrected chi connectivity index (χ3v) is 3.14. The summed E-state index contributed by atoms with van der Waals surface area (Å²) in [5.41, 5.74) is 0. The second-order valence-corrected chi connectivity index (χ2v) is 5.72. The Labute approximate surface area is 138 Å². The molecule has 0 spiro atoms. The summed E-state index contributed by atoms with van der Waals surface area (Å²) in [5, 5.41) is 0. The Kier molecular flexibility index (Phi) is 7.02. The summed E-state index contributed by atoms with van der Waals surface area (Å²) in [6.07, 6.45) is 3.50. The molecule has 0 aliphatic carbocycles. The Morgan fingerprint density at radius 3 is 1.88 bits per heavy atom. The molecule has 0 aliphatic rings. The summed E-state index contributed by atoms with van der Waals surface area (Å²) in [4.78, 5) is 24.9. The largest absolute Gasteiger partial charge is 0.423 e. The van der Waals surface area contributed by atoms with Crippen molar-refractivity contribution in [3.05, 3.63) is 48.8 Å². The lowest BCUT2D eigenvalue weighted by atomic mass is 10.3. The van der Waals surface area contributed by atoms with Crippen molar-refractivity contribution in [2.24, 2.45) is 0 Å². The monoisotopic (exact) mass is 353 g/mol. The Morgan fingerprint density at radius 1 is 0.958 bits per heavy atom.